The Morgan fingerprint density at radius 2 is 2.67 bits per heavy atom. The Labute approximate surface area is 50.5 Å². The Balaban J connectivity index is 2.98. The van der Waals surface area contributed by atoms with Crippen molar-refractivity contribution in [1.82, 2.24) is 5.27 Å². The monoisotopic (exact) mass is 128 g/mol. The van der Waals surface area contributed by atoms with Crippen LogP contribution in [-0.2, 0) is 0 Å². The van der Waals surface area contributed by atoms with Gasteiger partial charge in [-0.2, -0.15) is 0 Å². The Bertz CT molecular complexity index is 229. The van der Waals surface area contributed by atoms with Gasteiger partial charge in [0, 0.05) is 0 Å². The lowest BCUT2D eigenvalue weighted by Crippen LogP contribution is -2.41. The standard InChI is InChI=1S/C4H4N2O3/c1-3(7)6-2-4(8)9-5-6/h2H,1H3. The molecule has 1 aromatic rings. The molecule has 1 aromatic heterocycles. The molecule has 5 heteroatoms. The van der Waals surface area contributed by atoms with Crippen LogP contribution < -0.4 is 9.79 Å². The molecule has 1 rings (SSSR count). The van der Waals surface area contributed by atoms with Crippen LogP contribution in [0.3, 0.4) is 0 Å². The summed E-state index contributed by atoms with van der Waals surface area (Å²) in [6, 6.07) is 0. The maximum Gasteiger partial charge on any atom is 0.414 e. The highest BCUT2D eigenvalue weighted by atomic mass is 16.6. The van der Waals surface area contributed by atoms with Crippen molar-refractivity contribution in [3.05, 3.63) is 6.20 Å². The number of hydrogen-bond acceptors (Lipinski definition) is 4. The van der Waals surface area contributed by atoms with Gasteiger partial charge in [-0.05, 0) is 4.68 Å². The minimum Gasteiger partial charge on any atom is -0.539 e. The SMILES string of the molecule is CC(=O)[n+]1cc([O-])on1. The molecule has 0 unspecified atom stereocenters. The van der Waals surface area contributed by atoms with Gasteiger partial charge in [-0.3, -0.25) is 0 Å². The zero-order valence-corrected chi connectivity index (χ0v) is 4.70. The van der Waals surface area contributed by atoms with Crippen LogP contribution in [-0.4, -0.2) is 11.2 Å². The lowest BCUT2D eigenvalue weighted by Gasteiger charge is -1.74. The lowest BCUT2D eigenvalue weighted by molar-refractivity contribution is -0.647. The fourth-order valence-electron chi connectivity index (χ4n) is 0.380. The molecule has 0 aliphatic carbocycles. The summed E-state index contributed by atoms with van der Waals surface area (Å²) < 4.78 is 4.90. The molecule has 1 heterocycles. The van der Waals surface area contributed by atoms with Crippen molar-refractivity contribution >= 4 is 5.91 Å². The van der Waals surface area contributed by atoms with Gasteiger partial charge in [-0.1, -0.05) is 0 Å². The van der Waals surface area contributed by atoms with Crippen molar-refractivity contribution in [2.24, 2.45) is 0 Å². The molecule has 0 spiro atoms. The third-order valence-corrected chi connectivity index (χ3v) is 0.769. The van der Waals surface area contributed by atoms with Crippen LogP contribution in [0.25, 0.3) is 0 Å². The van der Waals surface area contributed by atoms with Gasteiger partial charge in [-0.25, -0.2) is 4.79 Å². The van der Waals surface area contributed by atoms with Crippen LogP contribution in [0.1, 0.15) is 11.7 Å². The number of carbonyl (C=O) groups excluding carboxylic acids is 1. The first-order chi connectivity index (χ1) is 4.20. The zero-order valence-electron chi connectivity index (χ0n) is 4.70. The normalized spacial score (nSPS) is 9.44. The van der Waals surface area contributed by atoms with E-state index in [1.165, 1.54) is 6.92 Å². The minimum absolute atomic E-state index is 0.346. The van der Waals surface area contributed by atoms with E-state index in [2.05, 4.69) is 9.79 Å². The molecule has 0 N–H and O–H groups in total. The maximum absolute atomic E-state index is 10.4. The van der Waals surface area contributed by atoms with E-state index in [-0.39, 0.29) is 5.91 Å². The summed E-state index contributed by atoms with van der Waals surface area (Å²) in [6.07, 6.45) is 0.975. The molecular formula is C4H4N2O3. The summed E-state index contributed by atoms with van der Waals surface area (Å²) in [5, 5.41) is 13.3. The summed E-state index contributed by atoms with van der Waals surface area (Å²) in [4.78, 5) is 10.4. The van der Waals surface area contributed by atoms with Crippen LogP contribution in [0, 0.1) is 0 Å². The van der Waals surface area contributed by atoms with Gasteiger partial charge in [0.05, 0.1) is 12.2 Å². The summed E-state index contributed by atoms with van der Waals surface area (Å²) in [7, 11) is 0. The second-order valence-electron chi connectivity index (χ2n) is 1.48. The van der Waals surface area contributed by atoms with Gasteiger partial charge >= 0.3 is 5.91 Å². The molecule has 0 amide bonds. The predicted octanol–water partition coefficient (Wildman–Crippen LogP) is -1.30. The molecule has 0 aliphatic rings. The smallest absolute Gasteiger partial charge is 0.414 e. The molecule has 0 aromatic carbocycles. The molecule has 9 heavy (non-hydrogen) atoms. The third kappa shape index (κ3) is 1.04. The summed E-state index contributed by atoms with van der Waals surface area (Å²) in [6.45, 7) is 1.28. The van der Waals surface area contributed by atoms with E-state index in [4.69, 9.17) is 0 Å². The van der Waals surface area contributed by atoms with E-state index in [0.717, 1.165) is 10.9 Å². The fourth-order valence-corrected chi connectivity index (χ4v) is 0.380. The van der Waals surface area contributed by atoms with E-state index in [9.17, 15) is 9.90 Å². The highest BCUT2D eigenvalue weighted by Gasteiger charge is 2.08. The molecule has 0 aliphatic heterocycles. The highest BCUT2D eigenvalue weighted by molar-refractivity contribution is 5.62. The van der Waals surface area contributed by atoms with Crippen molar-refractivity contribution in [2.75, 3.05) is 0 Å². The zero-order chi connectivity index (χ0) is 6.85. The molecule has 0 saturated carbocycles. The number of hydrogen-bond donors (Lipinski definition) is 0. The number of rotatable bonds is 0. The Morgan fingerprint density at radius 3 is 2.89 bits per heavy atom. The largest absolute Gasteiger partial charge is 0.539 e. The quantitative estimate of drug-likeness (QED) is 0.407. The first-order valence-corrected chi connectivity index (χ1v) is 2.27. The van der Waals surface area contributed by atoms with E-state index in [1.54, 1.807) is 0 Å². The Kier molecular flexibility index (Phi) is 1.18. The number of aromatic nitrogens is 2. The van der Waals surface area contributed by atoms with E-state index < -0.39 is 5.95 Å². The van der Waals surface area contributed by atoms with Crippen LogP contribution >= 0.6 is 0 Å². The first kappa shape index (κ1) is 5.74. The molecule has 0 radical (unpaired) electrons. The summed E-state index contributed by atoms with van der Waals surface area (Å²) in [5.74, 6) is -0.967. The Hall–Kier alpha value is -1.39. The van der Waals surface area contributed by atoms with Crippen molar-refractivity contribution in [1.29, 1.82) is 0 Å². The van der Waals surface area contributed by atoms with Crippen molar-refractivity contribution in [3.63, 3.8) is 0 Å². The van der Waals surface area contributed by atoms with Gasteiger partial charge in [0.15, 0.2) is 0 Å². The maximum atomic E-state index is 10.4. The fraction of sp³-hybridized carbons (Fsp3) is 0.250. The molecular weight excluding hydrogens is 124 g/mol. The molecule has 0 atom stereocenters. The summed E-state index contributed by atoms with van der Waals surface area (Å²) >= 11 is 0. The number of nitrogens with zero attached hydrogens (tertiary/aromatic N) is 2. The van der Waals surface area contributed by atoms with Gasteiger partial charge < -0.3 is 9.63 Å². The van der Waals surface area contributed by atoms with Gasteiger partial charge in [0.2, 0.25) is 6.20 Å². The topological polar surface area (TPSA) is 70.0 Å². The average Bonchev–Trinajstić information content (AvgIpc) is 2.14. The molecule has 0 saturated heterocycles. The second-order valence-corrected chi connectivity index (χ2v) is 1.48. The van der Waals surface area contributed by atoms with Crippen molar-refractivity contribution in [3.8, 4) is 5.95 Å². The van der Waals surface area contributed by atoms with E-state index in [1.807, 2.05) is 0 Å². The van der Waals surface area contributed by atoms with Crippen LogP contribution in [0.4, 0.5) is 0 Å². The van der Waals surface area contributed by atoms with Crippen molar-refractivity contribution in [2.45, 2.75) is 6.92 Å². The van der Waals surface area contributed by atoms with Crippen LogP contribution in [0.5, 0.6) is 5.95 Å². The molecule has 0 fully saturated rings. The minimum atomic E-state index is -0.620. The average molecular weight is 128 g/mol. The van der Waals surface area contributed by atoms with Crippen LogP contribution in [0.2, 0.25) is 0 Å². The van der Waals surface area contributed by atoms with Gasteiger partial charge in [-0.15, -0.1) is 0 Å². The molecule has 0 bridgehead atoms. The second kappa shape index (κ2) is 1.85. The number of carbonyl (C=O) groups is 1. The Morgan fingerprint density at radius 1 is 2.00 bits per heavy atom. The molecule has 48 valence electrons. The van der Waals surface area contributed by atoms with E-state index in [0.29, 0.717) is 0 Å². The highest BCUT2D eigenvalue weighted by Crippen LogP contribution is 1.91. The lowest BCUT2D eigenvalue weighted by atomic mass is 10.7. The third-order valence-electron chi connectivity index (χ3n) is 0.769. The van der Waals surface area contributed by atoms with E-state index >= 15 is 0 Å². The predicted molar refractivity (Wildman–Crippen MR) is 22.4 cm³/mol. The molecule has 5 nitrogen and oxygen atoms in total. The first-order valence-electron chi connectivity index (χ1n) is 2.27. The summed E-state index contributed by atoms with van der Waals surface area (Å²) in [5.41, 5.74) is 0. The van der Waals surface area contributed by atoms with Crippen LogP contribution in [0.15, 0.2) is 10.7 Å². The van der Waals surface area contributed by atoms with Crippen molar-refractivity contribution < 1.29 is 19.1 Å². The van der Waals surface area contributed by atoms with Gasteiger partial charge in [0.25, 0.3) is 0 Å². The van der Waals surface area contributed by atoms with Gasteiger partial charge in [0.1, 0.15) is 5.95 Å².